The minimum absolute atomic E-state index is 0.0261. The van der Waals surface area contributed by atoms with Crippen LogP contribution in [0.25, 0.3) is 0 Å². The van der Waals surface area contributed by atoms with E-state index >= 15 is 0 Å². The van der Waals surface area contributed by atoms with E-state index < -0.39 is 11.6 Å². The maximum Gasteiger partial charge on any atom is 0.131 e. The second kappa shape index (κ2) is 6.31. The summed E-state index contributed by atoms with van der Waals surface area (Å²) in [4.78, 5) is 0.990. The smallest absolute Gasteiger partial charge is 0.131 e. The average Bonchev–Trinajstić information content (AvgIpc) is 2.84. The molecule has 1 unspecified atom stereocenters. The molecule has 1 N–H and O–H groups in total. The van der Waals surface area contributed by atoms with Crippen LogP contribution in [0.15, 0.2) is 24.3 Å². The molecule has 0 fully saturated rings. The molecule has 1 aromatic heterocycles. The molecule has 0 saturated carbocycles. The fourth-order valence-electron chi connectivity index (χ4n) is 1.75. The monoisotopic (exact) mass is 312 g/mol. The molecule has 1 aromatic carbocycles. The summed E-state index contributed by atoms with van der Waals surface area (Å²) in [7, 11) is 0. The number of hydrogen-bond donors (Lipinski definition) is 1. The van der Waals surface area contributed by atoms with Crippen molar-refractivity contribution in [1.29, 1.82) is 5.26 Å². The van der Waals surface area contributed by atoms with Gasteiger partial charge in [0.05, 0.1) is 16.0 Å². The number of hydrogen-bond acceptors (Lipinski definition) is 3. The van der Waals surface area contributed by atoms with Crippen molar-refractivity contribution < 1.29 is 8.78 Å². The van der Waals surface area contributed by atoms with Crippen LogP contribution in [0.3, 0.4) is 0 Å². The van der Waals surface area contributed by atoms with E-state index in [1.807, 2.05) is 13.0 Å². The number of rotatable bonds is 4. The van der Waals surface area contributed by atoms with Crippen molar-refractivity contribution in [3.63, 3.8) is 0 Å². The van der Waals surface area contributed by atoms with Gasteiger partial charge >= 0.3 is 0 Å². The van der Waals surface area contributed by atoms with Crippen LogP contribution in [0, 0.1) is 23.0 Å². The molecular weight excluding hydrogens is 302 g/mol. The van der Waals surface area contributed by atoms with Gasteiger partial charge in [-0.05, 0) is 31.2 Å². The summed E-state index contributed by atoms with van der Waals surface area (Å²) in [6.45, 7) is 1.93. The molecule has 1 heterocycles. The van der Waals surface area contributed by atoms with Crippen molar-refractivity contribution >= 4 is 22.9 Å². The van der Waals surface area contributed by atoms with Crippen molar-refractivity contribution in [1.82, 2.24) is 5.32 Å². The zero-order chi connectivity index (χ0) is 14.7. The van der Waals surface area contributed by atoms with Gasteiger partial charge in [-0.15, -0.1) is 11.3 Å². The maximum atomic E-state index is 13.7. The molecule has 2 aromatic rings. The van der Waals surface area contributed by atoms with Gasteiger partial charge in [-0.1, -0.05) is 11.6 Å². The Morgan fingerprint density at radius 2 is 2.00 bits per heavy atom. The first-order chi connectivity index (χ1) is 9.51. The van der Waals surface area contributed by atoms with Crippen LogP contribution < -0.4 is 5.32 Å². The summed E-state index contributed by atoms with van der Waals surface area (Å²) in [5.74, 6) is -1.43. The first kappa shape index (κ1) is 14.9. The van der Waals surface area contributed by atoms with Crippen LogP contribution in [-0.4, -0.2) is 0 Å². The summed E-state index contributed by atoms with van der Waals surface area (Å²) in [5.41, 5.74) is -0.0969. The van der Waals surface area contributed by atoms with E-state index in [1.54, 1.807) is 12.1 Å². The Labute approximate surface area is 124 Å². The highest BCUT2D eigenvalue weighted by atomic mass is 35.5. The quantitative estimate of drug-likeness (QED) is 0.908. The van der Waals surface area contributed by atoms with Gasteiger partial charge in [-0.3, -0.25) is 0 Å². The summed E-state index contributed by atoms with van der Waals surface area (Å²) >= 11 is 7.26. The molecule has 20 heavy (non-hydrogen) atoms. The first-order valence-electron chi connectivity index (χ1n) is 5.88. The Kier molecular flexibility index (Phi) is 4.71. The Balaban J connectivity index is 2.10. The minimum atomic E-state index is -0.717. The molecule has 1 atom stereocenters. The average molecular weight is 313 g/mol. The zero-order valence-corrected chi connectivity index (χ0v) is 12.2. The Hall–Kier alpha value is -1.48. The van der Waals surface area contributed by atoms with Crippen molar-refractivity contribution in [3.8, 4) is 6.07 Å². The van der Waals surface area contributed by atoms with Gasteiger partial charge in [-0.2, -0.15) is 5.26 Å². The number of nitrogens with zero attached hydrogens (tertiary/aromatic N) is 1. The van der Waals surface area contributed by atoms with Gasteiger partial charge in [0, 0.05) is 23.0 Å². The van der Waals surface area contributed by atoms with Crippen LogP contribution in [0.1, 0.15) is 29.0 Å². The molecule has 0 radical (unpaired) electrons. The summed E-state index contributed by atoms with van der Waals surface area (Å²) in [6, 6.07) is 7.37. The molecule has 2 rings (SSSR count). The summed E-state index contributed by atoms with van der Waals surface area (Å²) in [6.07, 6.45) is 0. The lowest BCUT2D eigenvalue weighted by Crippen LogP contribution is -2.19. The highest BCUT2D eigenvalue weighted by Crippen LogP contribution is 2.27. The number of thiophene rings is 1. The number of halogens is 3. The van der Waals surface area contributed by atoms with E-state index in [2.05, 4.69) is 5.32 Å². The summed E-state index contributed by atoms with van der Waals surface area (Å²) < 4.78 is 28.1. The molecular formula is C14H11ClF2N2S. The van der Waals surface area contributed by atoms with Crippen molar-refractivity contribution in [2.45, 2.75) is 19.5 Å². The van der Waals surface area contributed by atoms with Crippen molar-refractivity contribution in [3.05, 3.63) is 56.2 Å². The van der Waals surface area contributed by atoms with E-state index in [1.165, 1.54) is 11.3 Å². The predicted octanol–water partition coefficient (Wildman–Crippen LogP) is 4.40. The Bertz CT molecular complexity index is 640. The third kappa shape index (κ3) is 3.34. The van der Waals surface area contributed by atoms with E-state index in [0.717, 1.165) is 17.0 Å². The topological polar surface area (TPSA) is 35.8 Å². The van der Waals surface area contributed by atoms with E-state index in [-0.39, 0.29) is 23.7 Å². The standard InChI is InChI=1S/C14H11ClF2N2S/c1-8(13-2-3-14(15)20-13)19-7-10-11(16)4-9(6-18)5-12(10)17/h2-5,8,19H,7H2,1H3. The minimum Gasteiger partial charge on any atom is -0.305 e. The maximum absolute atomic E-state index is 13.7. The summed E-state index contributed by atoms with van der Waals surface area (Å²) in [5, 5.41) is 11.7. The van der Waals surface area contributed by atoms with Crippen molar-refractivity contribution in [2.75, 3.05) is 0 Å². The lowest BCUT2D eigenvalue weighted by Gasteiger charge is -2.13. The molecule has 104 valence electrons. The van der Waals surface area contributed by atoms with Crippen molar-refractivity contribution in [2.24, 2.45) is 0 Å². The molecule has 0 aliphatic heterocycles. The molecule has 0 bridgehead atoms. The molecule has 0 saturated heterocycles. The van der Waals surface area contributed by atoms with Gasteiger partial charge in [0.25, 0.3) is 0 Å². The van der Waals surface area contributed by atoms with Gasteiger partial charge in [0.2, 0.25) is 0 Å². The van der Waals surface area contributed by atoms with Gasteiger partial charge < -0.3 is 5.32 Å². The molecule has 2 nitrogen and oxygen atoms in total. The molecule has 0 spiro atoms. The fraction of sp³-hybridized carbons (Fsp3) is 0.214. The molecule has 0 aliphatic rings. The largest absolute Gasteiger partial charge is 0.305 e. The fourth-order valence-corrected chi connectivity index (χ4v) is 2.84. The second-order valence-electron chi connectivity index (χ2n) is 4.27. The first-order valence-corrected chi connectivity index (χ1v) is 7.07. The second-order valence-corrected chi connectivity index (χ2v) is 6.02. The predicted molar refractivity (Wildman–Crippen MR) is 75.7 cm³/mol. The zero-order valence-electron chi connectivity index (χ0n) is 10.6. The third-order valence-corrected chi connectivity index (χ3v) is 4.29. The normalized spacial score (nSPS) is 12.2. The lowest BCUT2D eigenvalue weighted by molar-refractivity contribution is 0.511. The molecule has 0 aliphatic carbocycles. The number of nitriles is 1. The third-order valence-electron chi connectivity index (χ3n) is 2.88. The SMILES string of the molecule is CC(NCc1c(F)cc(C#N)cc1F)c1ccc(Cl)s1. The van der Waals surface area contributed by atoms with E-state index in [9.17, 15) is 8.78 Å². The van der Waals surface area contributed by atoms with E-state index in [0.29, 0.717) is 4.34 Å². The van der Waals surface area contributed by atoms with Crippen LogP contribution in [0.5, 0.6) is 0 Å². The van der Waals surface area contributed by atoms with Crippen LogP contribution in [0.2, 0.25) is 4.34 Å². The van der Waals surface area contributed by atoms with Gasteiger partial charge in [-0.25, -0.2) is 8.78 Å². The number of nitrogens with one attached hydrogen (secondary N) is 1. The van der Waals surface area contributed by atoms with Crippen LogP contribution in [0.4, 0.5) is 8.78 Å². The van der Waals surface area contributed by atoms with Gasteiger partial charge in [0.1, 0.15) is 11.6 Å². The van der Waals surface area contributed by atoms with E-state index in [4.69, 9.17) is 16.9 Å². The Morgan fingerprint density at radius 1 is 1.35 bits per heavy atom. The number of benzene rings is 1. The molecule has 6 heteroatoms. The van der Waals surface area contributed by atoms with Gasteiger partial charge in [0.15, 0.2) is 0 Å². The highest BCUT2D eigenvalue weighted by Gasteiger charge is 2.13. The van der Waals surface area contributed by atoms with Crippen LogP contribution >= 0.6 is 22.9 Å². The lowest BCUT2D eigenvalue weighted by atomic mass is 10.1. The Morgan fingerprint density at radius 3 is 2.50 bits per heavy atom. The molecule has 0 amide bonds. The van der Waals surface area contributed by atoms with Crippen LogP contribution in [-0.2, 0) is 6.54 Å². The highest BCUT2D eigenvalue weighted by molar-refractivity contribution is 7.16.